The number of carbonyl (C=O) groups is 1. The number of hydrogen-bond donors (Lipinski definition) is 0. The monoisotopic (exact) mass is 272 g/mol. The molecule has 114 valence electrons. The van der Waals surface area contributed by atoms with Gasteiger partial charge in [0, 0.05) is 19.6 Å². The second-order valence-electron chi connectivity index (χ2n) is 6.07. The van der Waals surface area contributed by atoms with Gasteiger partial charge in [-0.25, -0.2) is 0 Å². The van der Waals surface area contributed by atoms with Crippen molar-refractivity contribution >= 4 is 5.97 Å². The Hall–Kier alpha value is -0.570. The van der Waals surface area contributed by atoms with Crippen LogP contribution in [0.15, 0.2) is 0 Å². The standard InChI is InChI=1S/C16H32O3/c1-5-6-7-8-10-13-18-14-11-9-12-15(17)19-16(2,3)4/h5-14H2,1-4H3. The van der Waals surface area contributed by atoms with Crippen LogP contribution < -0.4 is 0 Å². The molecule has 0 aliphatic heterocycles. The van der Waals surface area contributed by atoms with Gasteiger partial charge in [-0.05, 0) is 40.0 Å². The highest BCUT2D eigenvalue weighted by Gasteiger charge is 2.15. The van der Waals surface area contributed by atoms with E-state index in [4.69, 9.17) is 9.47 Å². The van der Waals surface area contributed by atoms with Crippen LogP contribution in [0.2, 0.25) is 0 Å². The Balaban J connectivity index is 3.21. The molecule has 0 aromatic carbocycles. The van der Waals surface area contributed by atoms with Crippen LogP contribution in [0.4, 0.5) is 0 Å². The van der Waals surface area contributed by atoms with E-state index in [0.717, 1.165) is 32.5 Å². The zero-order valence-electron chi connectivity index (χ0n) is 13.3. The van der Waals surface area contributed by atoms with E-state index >= 15 is 0 Å². The summed E-state index contributed by atoms with van der Waals surface area (Å²) in [5.74, 6) is -0.105. The number of esters is 1. The quantitative estimate of drug-likeness (QED) is 0.411. The smallest absolute Gasteiger partial charge is 0.306 e. The largest absolute Gasteiger partial charge is 0.460 e. The lowest BCUT2D eigenvalue weighted by Gasteiger charge is -2.19. The van der Waals surface area contributed by atoms with Gasteiger partial charge in [0.15, 0.2) is 0 Å². The first kappa shape index (κ1) is 18.4. The number of ether oxygens (including phenoxy) is 2. The van der Waals surface area contributed by atoms with Crippen molar-refractivity contribution in [3.63, 3.8) is 0 Å². The number of rotatable bonds is 11. The van der Waals surface area contributed by atoms with Crippen molar-refractivity contribution in [1.82, 2.24) is 0 Å². The van der Waals surface area contributed by atoms with Gasteiger partial charge < -0.3 is 9.47 Å². The van der Waals surface area contributed by atoms with E-state index < -0.39 is 0 Å². The summed E-state index contributed by atoms with van der Waals surface area (Å²) in [6.07, 6.45) is 8.65. The molecule has 0 spiro atoms. The van der Waals surface area contributed by atoms with Crippen molar-refractivity contribution in [1.29, 1.82) is 0 Å². The Morgan fingerprint density at radius 1 is 0.895 bits per heavy atom. The van der Waals surface area contributed by atoms with E-state index in [-0.39, 0.29) is 11.6 Å². The molecular formula is C16H32O3. The van der Waals surface area contributed by atoms with Gasteiger partial charge in [0.05, 0.1) is 0 Å². The maximum atomic E-state index is 11.4. The molecule has 0 atom stereocenters. The van der Waals surface area contributed by atoms with E-state index in [1.165, 1.54) is 25.7 Å². The van der Waals surface area contributed by atoms with E-state index in [1.807, 2.05) is 20.8 Å². The van der Waals surface area contributed by atoms with Crippen LogP contribution >= 0.6 is 0 Å². The number of carbonyl (C=O) groups excluding carboxylic acids is 1. The third-order valence-electron chi connectivity index (χ3n) is 2.73. The molecule has 0 unspecified atom stereocenters. The van der Waals surface area contributed by atoms with Crippen molar-refractivity contribution in [2.45, 2.75) is 84.7 Å². The Morgan fingerprint density at radius 2 is 1.47 bits per heavy atom. The van der Waals surface area contributed by atoms with Gasteiger partial charge in [-0.15, -0.1) is 0 Å². The molecule has 3 heteroatoms. The first-order valence-corrected chi connectivity index (χ1v) is 7.75. The van der Waals surface area contributed by atoms with Gasteiger partial charge in [-0.1, -0.05) is 32.6 Å². The molecule has 0 saturated carbocycles. The van der Waals surface area contributed by atoms with Gasteiger partial charge in [-0.3, -0.25) is 4.79 Å². The molecule has 19 heavy (non-hydrogen) atoms. The van der Waals surface area contributed by atoms with Gasteiger partial charge in [0.1, 0.15) is 5.60 Å². The van der Waals surface area contributed by atoms with Gasteiger partial charge in [0.2, 0.25) is 0 Å². The summed E-state index contributed by atoms with van der Waals surface area (Å²) >= 11 is 0. The van der Waals surface area contributed by atoms with Crippen molar-refractivity contribution in [2.24, 2.45) is 0 Å². The average Bonchev–Trinajstić information content (AvgIpc) is 2.29. The van der Waals surface area contributed by atoms with Crippen LogP contribution in [-0.4, -0.2) is 24.8 Å². The average molecular weight is 272 g/mol. The molecular weight excluding hydrogens is 240 g/mol. The second kappa shape index (κ2) is 11.3. The summed E-state index contributed by atoms with van der Waals surface area (Å²) in [6, 6.07) is 0. The Kier molecular flexibility index (Phi) is 10.9. The van der Waals surface area contributed by atoms with E-state index in [0.29, 0.717) is 6.42 Å². The van der Waals surface area contributed by atoms with E-state index in [2.05, 4.69) is 6.92 Å². The topological polar surface area (TPSA) is 35.5 Å². The van der Waals surface area contributed by atoms with Gasteiger partial charge in [0.25, 0.3) is 0 Å². The Labute approximate surface area is 119 Å². The Morgan fingerprint density at radius 3 is 2.05 bits per heavy atom. The fourth-order valence-electron chi connectivity index (χ4n) is 1.78. The molecule has 0 bridgehead atoms. The Bertz CT molecular complexity index is 219. The van der Waals surface area contributed by atoms with Crippen LogP contribution in [0, 0.1) is 0 Å². The minimum absolute atomic E-state index is 0.105. The van der Waals surface area contributed by atoms with E-state index in [1.54, 1.807) is 0 Å². The highest BCUT2D eigenvalue weighted by molar-refractivity contribution is 5.69. The molecule has 0 rings (SSSR count). The molecule has 0 aliphatic carbocycles. The van der Waals surface area contributed by atoms with Crippen molar-refractivity contribution in [3.8, 4) is 0 Å². The lowest BCUT2D eigenvalue weighted by molar-refractivity contribution is -0.154. The molecule has 0 aromatic heterocycles. The van der Waals surface area contributed by atoms with Crippen LogP contribution in [0.5, 0.6) is 0 Å². The molecule has 0 fully saturated rings. The highest BCUT2D eigenvalue weighted by Crippen LogP contribution is 2.10. The van der Waals surface area contributed by atoms with Crippen molar-refractivity contribution in [2.75, 3.05) is 13.2 Å². The molecule has 0 saturated heterocycles. The predicted octanol–water partition coefficient (Wildman–Crippen LogP) is 4.49. The first-order valence-electron chi connectivity index (χ1n) is 7.75. The van der Waals surface area contributed by atoms with Gasteiger partial charge in [-0.2, -0.15) is 0 Å². The summed E-state index contributed by atoms with van der Waals surface area (Å²) in [7, 11) is 0. The molecule has 0 N–H and O–H groups in total. The molecule has 0 amide bonds. The van der Waals surface area contributed by atoms with Crippen LogP contribution in [-0.2, 0) is 14.3 Å². The zero-order valence-corrected chi connectivity index (χ0v) is 13.3. The van der Waals surface area contributed by atoms with E-state index in [9.17, 15) is 4.79 Å². The maximum Gasteiger partial charge on any atom is 0.306 e. The molecule has 0 heterocycles. The minimum Gasteiger partial charge on any atom is -0.460 e. The number of unbranched alkanes of at least 4 members (excludes halogenated alkanes) is 5. The molecule has 0 aromatic rings. The fourth-order valence-corrected chi connectivity index (χ4v) is 1.78. The lowest BCUT2D eigenvalue weighted by atomic mass is 10.2. The second-order valence-corrected chi connectivity index (χ2v) is 6.07. The lowest BCUT2D eigenvalue weighted by Crippen LogP contribution is -2.23. The molecule has 0 aliphatic rings. The fraction of sp³-hybridized carbons (Fsp3) is 0.938. The maximum absolute atomic E-state index is 11.4. The van der Waals surface area contributed by atoms with Crippen molar-refractivity contribution < 1.29 is 14.3 Å². The minimum atomic E-state index is -0.369. The predicted molar refractivity (Wildman–Crippen MR) is 79.3 cm³/mol. The molecule has 3 nitrogen and oxygen atoms in total. The third kappa shape index (κ3) is 15.4. The van der Waals surface area contributed by atoms with Crippen molar-refractivity contribution in [3.05, 3.63) is 0 Å². The van der Waals surface area contributed by atoms with Crippen LogP contribution in [0.25, 0.3) is 0 Å². The normalized spacial score (nSPS) is 11.6. The third-order valence-corrected chi connectivity index (χ3v) is 2.73. The van der Waals surface area contributed by atoms with Crippen LogP contribution in [0.1, 0.15) is 79.1 Å². The summed E-state index contributed by atoms with van der Waals surface area (Å²) in [4.78, 5) is 11.4. The summed E-state index contributed by atoms with van der Waals surface area (Å²) in [5.41, 5.74) is -0.369. The SMILES string of the molecule is CCCCCCCOCCCCC(=O)OC(C)(C)C. The van der Waals surface area contributed by atoms with Gasteiger partial charge >= 0.3 is 5.97 Å². The summed E-state index contributed by atoms with van der Waals surface area (Å²) in [5, 5.41) is 0. The first-order chi connectivity index (χ1) is 8.95. The summed E-state index contributed by atoms with van der Waals surface area (Å²) in [6.45, 7) is 9.53. The summed E-state index contributed by atoms with van der Waals surface area (Å²) < 4.78 is 10.8. The zero-order chi connectivity index (χ0) is 14.6. The highest BCUT2D eigenvalue weighted by atomic mass is 16.6. The van der Waals surface area contributed by atoms with Crippen LogP contribution in [0.3, 0.4) is 0 Å². The molecule has 0 radical (unpaired) electrons. The number of hydrogen-bond acceptors (Lipinski definition) is 3.